The molecule has 0 bridgehead atoms. The molecule has 3 unspecified atom stereocenters. The minimum atomic E-state index is 0.742. The first-order valence-corrected chi connectivity index (χ1v) is 7.82. The average Bonchev–Trinajstić information content (AvgIpc) is 3.07. The van der Waals surface area contributed by atoms with Crippen molar-refractivity contribution in [1.29, 1.82) is 0 Å². The van der Waals surface area contributed by atoms with Gasteiger partial charge in [0.05, 0.1) is 0 Å². The summed E-state index contributed by atoms with van der Waals surface area (Å²) in [5.41, 5.74) is 0. The average molecular weight is 242 g/mol. The summed E-state index contributed by atoms with van der Waals surface area (Å²) >= 11 is 2.12. The molecule has 2 aliphatic rings. The lowest BCUT2D eigenvalue weighted by atomic mass is 10.2. The van der Waals surface area contributed by atoms with Gasteiger partial charge in [-0.3, -0.25) is 4.90 Å². The lowest BCUT2D eigenvalue weighted by molar-refractivity contribution is 0.210. The number of thioether (sulfide) groups is 1. The van der Waals surface area contributed by atoms with Crippen molar-refractivity contribution < 1.29 is 0 Å². The van der Waals surface area contributed by atoms with Gasteiger partial charge in [-0.25, -0.2) is 0 Å². The van der Waals surface area contributed by atoms with Crippen molar-refractivity contribution in [2.45, 2.75) is 50.9 Å². The van der Waals surface area contributed by atoms with Crippen molar-refractivity contribution in [3.05, 3.63) is 0 Å². The molecule has 0 amide bonds. The van der Waals surface area contributed by atoms with Gasteiger partial charge in [0.1, 0.15) is 0 Å². The Labute approximate surface area is 105 Å². The first-order valence-electron chi connectivity index (χ1n) is 6.77. The highest BCUT2D eigenvalue weighted by atomic mass is 32.2. The minimum Gasteiger partial charge on any atom is -0.313 e. The fourth-order valence-corrected chi connectivity index (χ4v) is 3.67. The van der Waals surface area contributed by atoms with Gasteiger partial charge in [-0.15, -0.1) is 0 Å². The molecule has 0 aromatic rings. The molecule has 1 aliphatic carbocycles. The summed E-state index contributed by atoms with van der Waals surface area (Å²) in [4.78, 5) is 2.65. The SMILES string of the molecule is CC(NCCN1CCSC(C)C1C)C1CC1. The van der Waals surface area contributed by atoms with Crippen LogP contribution in [0.3, 0.4) is 0 Å². The van der Waals surface area contributed by atoms with Crippen molar-refractivity contribution >= 4 is 11.8 Å². The zero-order chi connectivity index (χ0) is 11.5. The van der Waals surface area contributed by atoms with Gasteiger partial charge in [-0.05, 0) is 32.6 Å². The highest BCUT2D eigenvalue weighted by molar-refractivity contribution is 8.00. The molecule has 0 aromatic heterocycles. The zero-order valence-electron chi connectivity index (χ0n) is 10.9. The lowest BCUT2D eigenvalue weighted by Crippen LogP contribution is -2.48. The maximum atomic E-state index is 3.68. The number of rotatable bonds is 5. The fraction of sp³-hybridized carbons (Fsp3) is 1.00. The third-order valence-corrected chi connectivity index (χ3v) is 5.55. The molecule has 3 atom stereocenters. The van der Waals surface area contributed by atoms with Crippen molar-refractivity contribution in [3.8, 4) is 0 Å². The first kappa shape index (κ1) is 12.7. The summed E-state index contributed by atoms with van der Waals surface area (Å²) < 4.78 is 0. The van der Waals surface area contributed by atoms with E-state index in [4.69, 9.17) is 0 Å². The van der Waals surface area contributed by atoms with Crippen molar-refractivity contribution in [1.82, 2.24) is 10.2 Å². The van der Waals surface area contributed by atoms with Gasteiger partial charge in [0.15, 0.2) is 0 Å². The molecule has 16 heavy (non-hydrogen) atoms. The second-order valence-electron chi connectivity index (χ2n) is 5.43. The fourth-order valence-electron chi connectivity index (χ4n) is 2.51. The molecular formula is C13H26N2S. The standard InChI is InChI=1S/C13H26N2S/c1-10(13-4-5-13)14-6-7-15-8-9-16-12(3)11(15)2/h10-14H,4-9H2,1-3H3. The third kappa shape index (κ3) is 3.38. The van der Waals surface area contributed by atoms with Crippen LogP contribution in [0.15, 0.2) is 0 Å². The van der Waals surface area contributed by atoms with E-state index in [9.17, 15) is 0 Å². The summed E-state index contributed by atoms with van der Waals surface area (Å²) in [7, 11) is 0. The molecule has 1 saturated carbocycles. The Hall–Kier alpha value is 0.270. The molecule has 94 valence electrons. The predicted octanol–water partition coefficient (Wildman–Crippen LogP) is 2.20. The molecule has 1 saturated heterocycles. The summed E-state index contributed by atoms with van der Waals surface area (Å²) in [6, 6.07) is 1.49. The summed E-state index contributed by atoms with van der Waals surface area (Å²) in [5.74, 6) is 2.29. The Bertz CT molecular complexity index is 218. The van der Waals surface area contributed by atoms with Gasteiger partial charge in [-0.1, -0.05) is 6.92 Å². The topological polar surface area (TPSA) is 15.3 Å². The predicted molar refractivity (Wildman–Crippen MR) is 73.1 cm³/mol. The quantitative estimate of drug-likeness (QED) is 0.796. The number of nitrogens with zero attached hydrogens (tertiary/aromatic N) is 1. The lowest BCUT2D eigenvalue weighted by Gasteiger charge is -2.37. The van der Waals surface area contributed by atoms with E-state index in [1.807, 2.05) is 0 Å². The molecule has 1 aliphatic heterocycles. The molecule has 2 fully saturated rings. The summed E-state index contributed by atoms with van der Waals surface area (Å²) in [6.07, 6.45) is 2.89. The Morgan fingerprint density at radius 1 is 1.38 bits per heavy atom. The van der Waals surface area contributed by atoms with Crippen LogP contribution in [0.2, 0.25) is 0 Å². The normalized spacial score (nSPS) is 33.9. The Morgan fingerprint density at radius 2 is 2.12 bits per heavy atom. The zero-order valence-corrected chi connectivity index (χ0v) is 11.7. The Morgan fingerprint density at radius 3 is 2.81 bits per heavy atom. The highest BCUT2D eigenvalue weighted by Gasteiger charge is 2.28. The largest absolute Gasteiger partial charge is 0.313 e. The van der Waals surface area contributed by atoms with Gasteiger partial charge in [0, 0.05) is 42.7 Å². The van der Waals surface area contributed by atoms with Crippen LogP contribution < -0.4 is 5.32 Å². The van der Waals surface area contributed by atoms with Gasteiger partial charge in [0.25, 0.3) is 0 Å². The molecule has 0 radical (unpaired) electrons. The first-order chi connectivity index (χ1) is 7.68. The van der Waals surface area contributed by atoms with Crippen molar-refractivity contribution in [3.63, 3.8) is 0 Å². The monoisotopic (exact) mass is 242 g/mol. The van der Waals surface area contributed by atoms with Gasteiger partial charge in [-0.2, -0.15) is 11.8 Å². The Kier molecular flexibility index (Phi) is 4.57. The van der Waals surface area contributed by atoms with Crippen LogP contribution in [-0.2, 0) is 0 Å². The summed E-state index contributed by atoms with van der Waals surface area (Å²) in [5, 5.41) is 4.48. The third-order valence-electron chi connectivity index (χ3n) is 4.21. The van der Waals surface area contributed by atoms with Crippen molar-refractivity contribution in [2.75, 3.05) is 25.4 Å². The second kappa shape index (κ2) is 5.74. The van der Waals surface area contributed by atoms with Crippen LogP contribution in [0.25, 0.3) is 0 Å². The molecule has 3 heteroatoms. The highest BCUT2D eigenvalue weighted by Crippen LogP contribution is 2.32. The number of hydrogen-bond donors (Lipinski definition) is 1. The van der Waals surface area contributed by atoms with E-state index in [2.05, 4.69) is 42.7 Å². The molecule has 0 spiro atoms. The molecule has 1 heterocycles. The molecule has 1 N–H and O–H groups in total. The maximum Gasteiger partial charge on any atom is 0.0184 e. The van der Waals surface area contributed by atoms with Crippen LogP contribution in [0, 0.1) is 5.92 Å². The molecular weight excluding hydrogens is 216 g/mol. The maximum absolute atomic E-state index is 3.68. The van der Waals surface area contributed by atoms with E-state index in [1.54, 1.807) is 0 Å². The number of hydrogen-bond acceptors (Lipinski definition) is 3. The van der Waals surface area contributed by atoms with Crippen molar-refractivity contribution in [2.24, 2.45) is 5.92 Å². The van der Waals surface area contributed by atoms with Crippen LogP contribution in [-0.4, -0.2) is 47.6 Å². The molecule has 2 rings (SSSR count). The molecule has 0 aromatic carbocycles. The minimum absolute atomic E-state index is 0.742. The van der Waals surface area contributed by atoms with E-state index in [-0.39, 0.29) is 0 Å². The van der Waals surface area contributed by atoms with Gasteiger partial charge in [0.2, 0.25) is 0 Å². The van der Waals surface area contributed by atoms with E-state index in [1.165, 1.54) is 38.2 Å². The molecule has 2 nitrogen and oxygen atoms in total. The van der Waals surface area contributed by atoms with E-state index >= 15 is 0 Å². The van der Waals surface area contributed by atoms with Crippen LogP contribution in [0.4, 0.5) is 0 Å². The number of nitrogens with one attached hydrogen (secondary N) is 1. The van der Waals surface area contributed by atoms with Crippen LogP contribution >= 0.6 is 11.8 Å². The van der Waals surface area contributed by atoms with E-state index in [0.717, 1.165) is 23.3 Å². The van der Waals surface area contributed by atoms with Crippen LogP contribution in [0.5, 0.6) is 0 Å². The second-order valence-corrected chi connectivity index (χ2v) is 6.92. The Balaban J connectivity index is 1.64. The van der Waals surface area contributed by atoms with E-state index in [0.29, 0.717) is 0 Å². The van der Waals surface area contributed by atoms with Gasteiger partial charge >= 0.3 is 0 Å². The smallest absolute Gasteiger partial charge is 0.0184 e. The van der Waals surface area contributed by atoms with Crippen LogP contribution in [0.1, 0.15) is 33.6 Å². The van der Waals surface area contributed by atoms with E-state index < -0.39 is 0 Å². The van der Waals surface area contributed by atoms with Gasteiger partial charge < -0.3 is 5.32 Å². The summed E-state index contributed by atoms with van der Waals surface area (Å²) in [6.45, 7) is 10.7.